The van der Waals surface area contributed by atoms with Gasteiger partial charge in [-0.2, -0.15) is 0 Å². The maximum absolute atomic E-state index is 12.4. The molecule has 1 saturated heterocycles. The van der Waals surface area contributed by atoms with Crippen molar-refractivity contribution in [3.05, 3.63) is 34.9 Å². The molecule has 1 amide bonds. The normalized spacial score (nSPS) is 19.2. The van der Waals surface area contributed by atoms with Crippen LogP contribution in [0, 0.1) is 13.8 Å². The fourth-order valence-electron chi connectivity index (χ4n) is 3.01. The lowest BCUT2D eigenvalue weighted by atomic mass is 9.70. The summed E-state index contributed by atoms with van der Waals surface area (Å²) in [4.78, 5) is 14.7. The van der Waals surface area contributed by atoms with Crippen LogP contribution in [0.4, 0.5) is 0 Å². The molecule has 1 aliphatic heterocycles. The number of rotatable bonds is 2. The zero-order chi connectivity index (χ0) is 14.0. The number of piperidine rings is 1. The molecule has 1 aliphatic rings. The Hall–Kier alpha value is -1.39. The molecule has 4 heteroatoms. The quantitative estimate of drug-likeness (QED) is 0.479. The van der Waals surface area contributed by atoms with E-state index >= 15 is 0 Å². The van der Waals surface area contributed by atoms with Gasteiger partial charge in [0.1, 0.15) is 0 Å². The van der Waals surface area contributed by atoms with Gasteiger partial charge in [-0.1, -0.05) is 23.8 Å². The van der Waals surface area contributed by atoms with Crippen molar-refractivity contribution in [2.24, 2.45) is 5.84 Å². The van der Waals surface area contributed by atoms with Gasteiger partial charge in [-0.05, 0) is 58.0 Å². The van der Waals surface area contributed by atoms with E-state index in [4.69, 9.17) is 5.84 Å². The van der Waals surface area contributed by atoms with Gasteiger partial charge in [-0.15, -0.1) is 0 Å². The molecule has 0 bridgehead atoms. The molecule has 0 aliphatic carbocycles. The summed E-state index contributed by atoms with van der Waals surface area (Å²) in [5.41, 5.74) is 5.38. The lowest BCUT2D eigenvalue weighted by Crippen LogP contribution is -2.53. The van der Waals surface area contributed by atoms with Crippen molar-refractivity contribution < 1.29 is 4.79 Å². The summed E-state index contributed by atoms with van der Waals surface area (Å²) in [5, 5.41) is 0. The Morgan fingerprint density at radius 1 is 1.32 bits per heavy atom. The topological polar surface area (TPSA) is 58.4 Å². The average Bonchev–Trinajstić information content (AvgIpc) is 2.42. The number of hydrogen-bond donors (Lipinski definition) is 2. The minimum absolute atomic E-state index is 0.0608. The Labute approximate surface area is 114 Å². The van der Waals surface area contributed by atoms with E-state index < -0.39 is 5.41 Å². The highest BCUT2D eigenvalue weighted by Crippen LogP contribution is 2.37. The number of likely N-dealkylation sites (tertiary alicyclic amines) is 1. The maximum atomic E-state index is 12.4. The molecule has 0 radical (unpaired) electrons. The largest absolute Gasteiger partial charge is 0.306 e. The van der Waals surface area contributed by atoms with E-state index in [-0.39, 0.29) is 5.91 Å². The van der Waals surface area contributed by atoms with E-state index in [1.54, 1.807) is 0 Å². The molecule has 19 heavy (non-hydrogen) atoms. The summed E-state index contributed by atoms with van der Waals surface area (Å²) in [7, 11) is 2.09. The zero-order valence-electron chi connectivity index (χ0n) is 12.0. The maximum Gasteiger partial charge on any atom is 0.244 e. The van der Waals surface area contributed by atoms with Gasteiger partial charge in [0.25, 0.3) is 0 Å². The Bertz CT molecular complexity index is 476. The second-order valence-corrected chi connectivity index (χ2v) is 5.68. The molecule has 3 N–H and O–H groups in total. The molecule has 0 saturated carbocycles. The molecule has 0 aromatic heterocycles. The number of hydrazine groups is 1. The molecular formula is C15H23N3O. The Morgan fingerprint density at radius 2 is 1.95 bits per heavy atom. The number of hydrogen-bond acceptors (Lipinski definition) is 3. The van der Waals surface area contributed by atoms with Crippen LogP contribution in [0.2, 0.25) is 0 Å². The van der Waals surface area contributed by atoms with E-state index in [9.17, 15) is 4.79 Å². The van der Waals surface area contributed by atoms with E-state index in [2.05, 4.69) is 49.4 Å². The van der Waals surface area contributed by atoms with Crippen molar-refractivity contribution in [3.63, 3.8) is 0 Å². The van der Waals surface area contributed by atoms with Crippen LogP contribution < -0.4 is 11.3 Å². The molecule has 1 heterocycles. The van der Waals surface area contributed by atoms with Crippen molar-refractivity contribution in [1.29, 1.82) is 0 Å². The van der Waals surface area contributed by atoms with Gasteiger partial charge in [0, 0.05) is 0 Å². The van der Waals surface area contributed by atoms with Crippen LogP contribution in [-0.2, 0) is 10.2 Å². The van der Waals surface area contributed by atoms with Crippen LogP contribution in [0.3, 0.4) is 0 Å². The van der Waals surface area contributed by atoms with E-state index in [0.29, 0.717) is 0 Å². The second kappa shape index (κ2) is 5.31. The van der Waals surface area contributed by atoms with Gasteiger partial charge in [0.15, 0.2) is 0 Å². The highest BCUT2D eigenvalue weighted by molar-refractivity contribution is 5.88. The third-order valence-electron chi connectivity index (χ3n) is 4.31. The standard InChI is InChI=1S/C15H23N3O/c1-11-4-5-12(2)13(10-11)15(14(19)17-16)6-8-18(3)9-7-15/h4-5,10H,6-9,16H2,1-3H3,(H,17,19). The molecule has 0 unspecified atom stereocenters. The van der Waals surface area contributed by atoms with Gasteiger partial charge >= 0.3 is 0 Å². The SMILES string of the molecule is Cc1ccc(C)c(C2(C(=O)NN)CCN(C)CC2)c1. The summed E-state index contributed by atoms with van der Waals surface area (Å²) < 4.78 is 0. The van der Waals surface area contributed by atoms with E-state index in [0.717, 1.165) is 31.5 Å². The lowest BCUT2D eigenvalue weighted by molar-refractivity contribution is -0.128. The molecule has 1 aromatic rings. The van der Waals surface area contributed by atoms with Crippen molar-refractivity contribution in [2.45, 2.75) is 32.1 Å². The second-order valence-electron chi connectivity index (χ2n) is 5.68. The number of nitrogens with zero attached hydrogens (tertiary/aromatic N) is 1. The smallest absolute Gasteiger partial charge is 0.244 e. The number of amides is 1. The molecule has 0 spiro atoms. The average molecular weight is 261 g/mol. The van der Waals surface area contributed by atoms with Crippen molar-refractivity contribution >= 4 is 5.91 Å². The van der Waals surface area contributed by atoms with Gasteiger partial charge in [-0.25, -0.2) is 5.84 Å². The first-order valence-electron chi connectivity index (χ1n) is 6.77. The number of nitrogens with one attached hydrogen (secondary N) is 1. The Kier molecular flexibility index (Phi) is 3.92. The molecule has 0 atom stereocenters. The summed E-state index contributed by atoms with van der Waals surface area (Å²) in [5.74, 6) is 5.37. The molecule has 1 aromatic carbocycles. The number of nitrogens with two attached hydrogens (primary N) is 1. The third-order valence-corrected chi connectivity index (χ3v) is 4.31. The van der Waals surface area contributed by atoms with Crippen LogP contribution in [0.25, 0.3) is 0 Å². The lowest BCUT2D eigenvalue weighted by Gasteiger charge is -2.40. The predicted octanol–water partition coefficient (Wildman–Crippen LogP) is 1.26. The van der Waals surface area contributed by atoms with Gasteiger partial charge in [-0.3, -0.25) is 10.2 Å². The van der Waals surface area contributed by atoms with Crippen LogP contribution in [-0.4, -0.2) is 30.9 Å². The highest BCUT2D eigenvalue weighted by atomic mass is 16.2. The van der Waals surface area contributed by atoms with Crippen molar-refractivity contribution in [2.75, 3.05) is 20.1 Å². The first-order chi connectivity index (χ1) is 8.99. The van der Waals surface area contributed by atoms with E-state index in [1.165, 1.54) is 11.1 Å². The van der Waals surface area contributed by atoms with Gasteiger partial charge in [0.05, 0.1) is 5.41 Å². The number of aryl methyl sites for hydroxylation is 2. The molecule has 104 valence electrons. The summed E-state index contributed by atoms with van der Waals surface area (Å²) in [6, 6.07) is 6.31. The number of carbonyl (C=O) groups excluding carboxylic acids is 1. The number of benzene rings is 1. The summed E-state index contributed by atoms with van der Waals surface area (Å²) in [6.45, 7) is 5.96. The highest BCUT2D eigenvalue weighted by Gasteiger charge is 2.42. The van der Waals surface area contributed by atoms with E-state index in [1.807, 2.05) is 0 Å². The minimum atomic E-state index is -0.475. The minimum Gasteiger partial charge on any atom is -0.306 e. The molecule has 2 rings (SSSR count). The Morgan fingerprint density at radius 3 is 2.53 bits per heavy atom. The predicted molar refractivity (Wildman–Crippen MR) is 76.7 cm³/mol. The van der Waals surface area contributed by atoms with Gasteiger partial charge in [0.2, 0.25) is 5.91 Å². The monoisotopic (exact) mass is 261 g/mol. The fraction of sp³-hybridized carbons (Fsp3) is 0.533. The van der Waals surface area contributed by atoms with Crippen molar-refractivity contribution in [3.8, 4) is 0 Å². The molecular weight excluding hydrogens is 238 g/mol. The molecule has 1 fully saturated rings. The van der Waals surface area contributed by atoms with Crippen molar-refractivity contribution in [1.82, 2.24) is 10.3 Å². The molecule has 4 nitrogen and oxygen atoms in total. The van der Waals surface area contributed by atoms with Crippen LogP contribution >= 0.6 is 0 Å². The van der Waals surface area contributed by atoms with Crippen LogP contribution in [0.5, 0.6) is 0 Å². The Balaban J connectivity index is 2.49. The fourth-order valence-corrected chi connectivity index (χ4v) is 3.01. The first-order valence-corrected chi connectivity index (χ1v) is 6.77. The zero-order valence-corrected chi connectivity index (χ0v) is 12.0. The first kappa shape index (κ1) is 14.0. The van der Waals surface area contributed by atoms with Crippen LogP contribution in [0.15, 0.2) is 18.2 Å². The number of carbonyl (C=O) groups is 1. The summed E-state index contributed by atoms with van der Waals surface area (Å²) >= 11 is 0. The van der Waals surface area contributed by atoms with Crippen LogP contribution in [0.1, 0.15) is 29.5 Å². The summed E-state index contributed by atoms with van der Waals surface area (Å²) in [6.07, 6.45) is 1.63. The van der Waals surface area contributed by atoms with Gasteiger partial charge < -0.3 is 4.90 Å². The third kappa shape index (κ3) is 2.51.